The van der Waals surface area contributed by atoms with Gasteiger partial charge in [0, 0.05) is 16.2 Å². The number of nitrogens with two attached hydrogens (primary N) is 1. The minimum Gasteiger partial charge on any atom is -0.396 e. The van der Waals surface area contributed by atoms with E-state index in [2.05, 4.69) is 64.3 Å². The van der Waals surface area contributed by atoms with Crippen LogP contribution in [0.25, 0.3) is 0 Å². The number of nitrogens with one attached hydrogen (secondary N) is 1. The van der Waals surface area contributed by atoms with Crippen molar-refractivity contribution in [3.63, 3.8) is 0 Å². The first-order valence-corrected chi connectivity index (χ1v) is 7.49. The van der Waals surface area contributed by atoms with E-state index < -0.39 is 0 Å². The van der Waals surface area contributed by atoms with E-state index >= 15 is 0 Å². The first kappa shape index (κ1) is 14.9. The summed E-state index contributed by atoms with van der Waals surface area (Å²) in [4.78, 5) is 4.34. The van der Waals surface area contributed by atoms with Crippen molar-refractivity contribution >= 4 is 27.4 Å². The van der Waals surface area contributed by atoms with E-state index in [1.54, 1.807) is 6.20 Å². The molecule has 0 saturated carbocycles. The van der Waals surface area contributed by atoms with E-state index in [1.807, 2.05) is 12.1 Å². The summed E-state index contributed by atoms with van der Waals surface area (Å²) in [5.74, 6) is 0.742. The zero-order valence-electron chi connectivity index (χ0n) is 11.9. The van der Waals surface area contributed by atoms with Crippen LogP contribution in [0.2, 0.25) is 0 Å². The summed E-state index contributed by atoms with van der Waals surface area (Å²) in [5, 5.41) is 3.43. The zero-order valence-corrected chi connectivity index (χ0v) is 13.4. The van der Waals surface area contributed by atoms with Crippen molar-refractivity contribution < 1.29 is 0 Å². The molecule has 2 rings (SSSR count). The molecule has 2 aromatic rings. The predicted octanol–water partition coefficient (Wildman–Crippen LogP) is 4.25. The molecule has 20 heavy (non-hydrogen) atoms. The lowest BCUT2D eigenvalue weighted by molar-refractivity contribution is 0.517. The van der Waals surface area contributed by atoms with Crippen molar-refractivity contribution in [2.45, 2.75) is 32.2 Å². The molecule has 0 saturated heterocycles. The van der Waals surface area contributed by atoms with E-state index in [0.717, 1.165) is 23.1 Å². The third-order valence-corrected chi connectivity index (χ3v) is 3.66. The number of hydrogen-bond acceptors (Lipinski definition) is 3. The highest BCUT2D eigenvalue weighted by Crippen LogP contribution is 2.25. The van der Waals surface area contributed by atoms with Gasteiger partial charge in [-0.2, -0.15) is 0 Å². The molecule has 0 aliphatic rings. The standard InChI is InChI=1S/C16H20BrN3/c1-16(2,9-8-12-6-4-3-5-7-12)20-15-14(18)10-13(17)11-19-15/h3-7,10-11H,8-9,18H2,1-2H3,(H,19,20). The van der Waals surface area contributed by atoms with Gasteiger partial charge in [0.1, 0.15) is 5.82 Å². The summed E-state index contributed by atoms with van der Waals surface area (Å²) in [6, 6.07) is 12.4. The molecule has 3 N–H and O–H groups in total. The zero-order chi connectivity index (χ0) is 14.6. The van der Waals surface area contributed by atoms with Gasteiger partial charge in [0.2, 0.25) is 0 Å². The Morgan fingerprint density at radius 2 is 1.95 bits per heavy atom. The number of anilines is 2. The topological polar surface area (TPSA) is 50.9 Å². The minimum absolute atomic E-state index is 0.0647. The average molecular weight is 334 g/mol. The number of hydrogen-bond donors (Lipinski definition) is 2. The average Bonchev–Trinajstić information content (AvgIpc) is 2.41. The third kappa shape index (κ3) is 4.23. The number of nitrogens with zero attached hydrogens (tertiary/aromatic N) is 1. The van der Waals surface area contributed by atoms with Gasteiger partial charge in [-0.05, 0) is 54.2 Å². The maximum absolute atomic E-state index is 5.98. The van der Waals surface area contributed by atoms with E-state index in [4.69, 9.17) is 5.73 Å². The Hall–Kier alpha value is -1.55. The Morgan fingerprint density at radius 1 is 1.25 bits per heavy atom. The fourth-order valence-corrected chi connectivity index (χ4v) is 2.39. The molecular formula is C16H20BrN3. The number of halogens is 1. The van der Waals surface area contributed by atoms with Crippen LogP contribution in [0.15, 0.2) is 47.1 Å². The Bertz CT molecular complexity index is 567. The largest absolute Gasteiger partial charge is 0.396 e. The smallest absolute Gasteiger partial charge is 0.149 e. The van der Waals surface area contributed by atoms with Gasteiger partial charge in [-0.1, -0.05) is 30.3 Å². The van der Waals surface area contributed by atoms with Crippen LogP contribution in [-0.2, 0) is 6.42 Å². The van der Waals surface area contributed by atoms with Gasteiger partial charge >= 0.3 is 0 Å². The molecule has 3 nitrogen and oxygen atoms in total. The fourth-order valence-electron chi connectivity index (χ4n) is 2.04. The van der Waals surface area contributed by atoms with E-state index in [1.165, 1.54) is 5.56 Å². The Labute approximate surface area is 128 Å². The lowest BCUT2D eigenvalue weighted by Gasteiger charge is -2.27. The first-order chi connectivity index (χ1) is 9.46. The van der Waals surface area contributed by atoms with Crippen LogP contribution in [0, 0.1) is 0 Å². The molecule has 0 fully saturated rings. The molecule has 0 amide bonds. The molecule has 106 valence electrons. The van der Waals surface area contributed by atoms with E-state index in [-0.39, 0.29) is 5.54 Å². The van der Waals surface area contributed by atoms with Crippen LogP contribution < -0.4 is 11.1 Å². The summed E-state index contributed by atoms with van der Waals surface area (Å²) in [6.07, 6.45) is 3.79. The summed E-state index contributed by atoms with van der Waals surface area (Å²) in [7, 11) is 0. The number of nitrogen functional groups attached to an aromatic ring is 1. The molecule has 0 bridgehead atoms. The highest BCUT2D eigenvalue weighted by Gasteiger charge is 2.19. The Morgan fingerprint density at radius 3 is 2.60 bits per heavy atom. The lowest BCUT2D eigenvalue weighted by Crippen LogP contribution is -2.32. The molecule has 0 unspecified atom stereocenters. The van der Waals surface area contributed by atoms with Crippen LogP contribution in [0.3, 0.4) is 0 Å². The maximum Gasteiger partial charge on any atom is 0.149 e. The summed E-state index contributed by atoms with van der Waals surface area (Å²) in [5.41, 5.74) is 7.92. The number of rotatable bonds is 5. The molecule has 0 radical (unpaired) electrons. The van der Waals surface area contributed by atoms with Crippen LogP contribution in [0.4, 0.5) is 11.5 Å². The molecule has 0 spiro atoms. The Kier molecular flexibility index (Phi) is 4.65. The number of aromatic nitrogens is 1. The normalized spacial score (nSPS) is 11.3. The lowest BCUT2D eigenvalue weighted by atomic mass is 9.95. The van der Waals surface area contributed by atoms with Crippen molar-refractivity contribution in [1.29, 1.82) is 0 Å². The second kappa shape index (κ2) is 6.27. The molecule has 0 aliphatic heterocycles. The van der Waals surface area contributed by atoms with Gasteiger partial charge in [-0.15, -0.1) is 0 Å². The van der Waals surface area contributed by atoms with Gasteiger partial charge in [-0.25, -0.2) is 4.98 Å². The molecule has 1 aromatic carbocycles. The molecule has 0 atom stereocenters. The second-order valence-corrected chi connectivity index (χ2v) is 6.50. The first-order valence-electron chi connectivity index (χ1n) is 6.69. The summed E-state index contributed by atoms with van der Waals surface area (Å²) in [6.45, 7) is 4.33. The number of aryl methyl sites for hydroxylation is 1. The van der Waals surface area contributed by atoms with Crippen molar-refractivity contribution in [2.75, 3.05) is 11.1 Å². The molecule has 1 heterocycles. The van der Waals surface area contributed by atoms with Gasteiger partial charge in [0.25, 0.3) is 0 Å². The van der Waals surface area contributed by atoms with Crippen molar-refractivity contribution in [2.24, 2.45) is 0 Å². The van der Waals surface area contributed by atoms with Crippen molar-refractivity contribution in [3.05, 3.63) is 52.6 Å². The van der Waals surface area contributed by atoms with Gasteiger partial charge in [0.05, 0.1) is 5.69 Å². The molecule has 1 aromatic heterocycles. The van der Waals surface area contributed by atoms with Gasteiger partial charge in [-0.3, -0.25) is 0 Å². The number of pyridine rings is 1. The van der Waals surface area contributed by atoms with E-state index in [9.17, 15) is 0 Å². The monoisotopic (exact) mass is 333 g/mol. The number of benzene rings is 1. The van der Waals surface area contributed by atoms with Crippen LogP contribution >= 0.6 is 15.9 Å². The second-order valence-electron chi connectivity index (χ2n) is 5.59. The SMILES string of the molecule is CC(C)(CCc1ccccc1)Nc1ncc(Br)cc1N. The predicted molar refractivity (Wildman–Crippen MR) is 88.8 cm³/mol. The minimum atomic E-state index is -0.0647. The maximum atomic E-state index is 5.98. The quantitative estimate of drug-likeness (QED) is 0.859. The van der Waals surface area contributed by atoms with Gasteiger partial charge < -0.3 is 11.1 Å². The molecule has 0 aliphatic carbocycles. The van der Waals surface area contributed by atoms with Gasteiger partial charge in [0.15, 0.2) is 0 Å². The van der Waals surface area contributed by atoms with Crippen LogP contribution in [0.1, 0.15) is 25.8 Å². The summed E-state index contributed by atoms with van der Waals surface area (Å²) >= 11 is 3.37. The fraction of sp³-hybridized carbons (Fsp3) is 0.312. The van der Waals surface area contributed by atoms with Crippen molar-refractivity contribution in [1.82, 2.24) is 4.98 Å². The highest BCUT2D eigenvalue weighted by atomic mass is 79.9. The Balaban J connectivity index is 2.00. The third-order valence-electron chi connectivity index (χ3n) is 3.22. The molecule has 4 heteroatoms. The van der Waals surface area contributed by atoms with Crippen LogP contribution in [-0.4, -0.2) is 10.5 Å². The van der Waals surface area contributed by atoms with E-state index in [0.29, 0.717) is 5.69 Å². The molecular weight excluding hydrogens is 314 g/mol. The highest BCUT2D eigenvalue weighted by molar-refractivity contribution is 9.10. The van der Waals surface area contributed by atoms with Crippen LogP contribution in [0.5, 0.6) is 0 Å². The van der Waals surface area contributed by atoms with Crippen molar-refractivity contribution in [3.8, 4) is 0 Å². The summed E-state index contributed by atoms with van der Waals surface area (Å²) < 4.78 is 0.891.